The molecule has 8 nitrogen and oxygen atoms in total. The van der Waals surface area contributed by atoms with Gasteiger partial charge in [0.05, 0.1) is 18.5 Å². The number of amides is 1. The average molecular weight is 626 g/mol. The fourth-order valence-electron chi connectivity index (χ4n) is 3.54. The third-order valence-electron chi connectivity index (χ3n) is 5.48. The number of aryl methyl sites for hydroxylation is 1. The van der Waals surface area contributed by atoms with Crippen LogP contribution in [-0.2, 0) is 11.3 Å². The van der Waals surface area contributed by atoms with Gasteiger partial charge in [-0.1, -0.05) is 42.1 Å². The summed E-state index contributed by atoms with van der Waals surface area (Å²) in [7, 11) is 3.98. The number of benzene rings is 3. The number of para-hydroxylation sites is 1. The molecule has 0 spiro atoms. The molecule has 0 aliphatic carbocycles. The summed E-state index contributed by atoms with van der Waals surface area (Å²) >= 11 is 3.63. The van der Waals surface area contributed by atoms with Crippen LogP contribution in [0.3, 0.4) is 0 Å². The quantitative estimate of drug-likeness (QED) is 0.110. The highest BCUT2D eigenvalue weighted by atomic mass is 127. The maximum Gasteiger partial charge on any atom is 0.250 e. The number of carbonyl (C=O) groups excluding carboxylic acids is 1. The molecule has 37 heavy (non-hydrogen) atoms. The van der Waals surface area contributed by atoms with Crippen molar-refractivity contribution in [2.24, 2.45) is 5.10 Å². The van der Waals surface area contributed by atoms with Gasteiger partial charge in [-0.05, 0) is 83.1 Å². The molecule has 0 bridgehead atoms. The average Bonchev–Trinajstić information content (AvgIpc) is 3.30. The van der Waals surface area contributed by atoms with Crippen molar-refractivity contribution in [2.75, 3.05) is 30.1 Å². The van der Waals surface area contributed by atoms with E-state index in [0.717, 1.165) is 34.0 Å². The maximum absolute atomic E-state index is 12.5. The highest BCUT2D eigenvalue weighted by molar-refractivity contribution is 14.1. The van der Waals surface area contributed by atoms with Gasteiger partial charge in [-0.3, -0.25) is 9.36 Å². The molecule has 0 aliphatic rings. The first-order valence-electron chi connectivity index (χ1n) is 11.6. The lowest BCUT2D eigenvalue weighted by Crippen LogP contribution is -2.20. The molecule has 0 saturated carbocycles. The number of nitrogens with one attached hydrogen (secondary N) is 2. The van der Waals surface area contributed by atoms with Crippen LogP contribution in [0.25, 0.3) is 5.69 Å². The van der Waals surface area contributed by atoms with E-state index in [-0.39, 0.29) is 11.7 Å². The summed E-state index contributed by atoms with van der Waals surface area (Å²) in [5.41, 5.74) is 7.74. The minimum Gasteiger partial charge on any atom is -0.378 e. The van der Waals surface area contributed by atoms with Crippen molar-refractivity contribution >= 4 is 57.8 Å². The predicted octanol–water partition coefficient (Wildman–Crippen LogP) is 5.10. The lowest BCUT2D eigenvalue weighted by Gasteiger charge is -2.12. The molecule has 4 rings (SSSR count). The van der Waals surface area contributed by atoms with Crippen LogP contribution in [0.15, 0.2) is 83.1 Å². The van der Waals surface area contributed by atoms with Gasteiger partial charge in [-0.2, -0.15) is 5.10 Å². The number of thioether (sulfide) groups is 1. The molecule has 2 N–H and O–H groups in total. The van der Waals surface area contributed by atoms with Gasteiger partial charge in [0, 0.05) is 34.7 Å². The minimum atomic E-state index is -0.219. The molecule has 10 heteroatoms. The Bertz CT molecular complexity index is 1370. The third kappa shape index (κ3) is 7.32. The van der Waals surface area contributed by atoms with Gasteiger partial charge in [0.15, 0.2) is 11.0 Å². The zero-order chi connectivity index (χ0) is 26.2. The van der Waals surface area contributed by atoms with Crippen LogP contribution in [0, 0.1) is 10.5 Å². The van der Waals surface area contributed by atoms with Crippen molar-refractivity contribution in [2.45, 2.75) is 18.6 Å². The Kier molecular flexibility index (Phi) is 9.18. The second kappa shape index (κ2) is 12.7. The Hall–Kier alpha value is -3.38. The Morgan fingerprint density at radius 1 is 1.08 bits per heavy atom. The highest BCUT2D eigenvalue weighted by Crippen LogP contribution is 2.24. The first-order valence-corrected chi connectivity index (χ1v) is 13.7. The van der Waals surface area contributed by atoms with Gasteiger partial charge in [-0.15, -0.1) is 10.2 Å². The maximum atomic E-state index is 12.5. The van der Waals surface area contributed by atoms with Crippen LogP contribution in [0.5, 0.6) is 0 Å². The fourth-order valence-corrected chi connectivity index (χ4v) is 4.95. The molecule has 0 radical (unpaired) electrons. The van der Waals surface area contributed by atoms with Crippen LogP contribution >= 0.6 is 34.4 Å². The Morgan fingerprint density at radius 3 is 2.54 bits per heavy atom. The molecule has 1 heterocycles. The lowest BCUT2D eigenvalue weighted by molar-refractivity contribution is -0.118. The summed E-state index contributed by atoms with van der Waals surface area (Å²) < 4.78 is 3.17. The van der Waals surface area contributed by atoms with Crippen molar-refractivity contribution in [3.63, 3.8) is 0 Å². The normalized spacial score (nSPS) is 11.0. The smallest absolute Gasteiger partial charge is 0.250 e. The molecule has 3 aromatic carbocycles. The molecule has 4 aromatic rings. The molecule has 0 unspecified atom stereocenters. The number of hydrogen-bond acceptors (Lipinski definition) is 7. The number of hydrogen-bond donors (Lipinski definition) is 2. The summed E-state index contributed by atoms with van der Waals surface area (Å²) in [6, 6.07) is 24.1. The molecule has 1 amide bonds. The van der Waals surface area contributed by atoms with Crippen LogP contribution in [0.4, 0.5) is 11.4 Å². The van der Waals surface area contributed by atoms with Crippen molar-refractivity contribution < 1.29 is 4.79 Å². The summed E-state index contributed by atoms with van der Waals surface area (Å²) in [4.78, 5) is 14.5. The van der Waals surface area contributed by atoms with E-state index in [9.17, 15) is 4.79 Å². The van der Waals surface area contributed by atoms with Crippen molar-refractivity contribution in [3.8, 4) is 5.69 Å². The minimum absolute atomic E-state index is 0.158. The largest absolute Gasteiger partial charge is 0.378 e. The van der Waals surface area contributed by atoms with E-state index in [1.807, 2.05) is 78.2 Å². The second-order valence-corrected chi connectivity index (χ2v) is 10.6. The van der Waals surface area contributed by atoms with Gasteiger partial charge in [-0.25, -0.2) is 5.43 Å². The van der Waals surface area contributed by atoms with Crippen LogP contribution in [0.2, 0.25) is 0 Å². The van der Waals surface area contributed by atoms with Gasteiger partial charge in [0.2, 0.25) is 0 Å². The van der Waals surface area contributed by atoms with Gasteiger partial charge in [0.1, 0.15) is 0 Å². The topological polar surface area (TPSA) is 87.4 Å². The monoisotopic (exact) mass is 625 g/mol. The zero-order valence-electron chi connectivity index (χ0n) is 20.9. The lowest BCUT2D eigenvalue weighted by atomic mass is 10.2. The molecule has 1 aromatic heterocycles. The fraction of sp³-hybridized carbons (Fsp3) is 0.185. The van der Waals surface area contributed by atoms with E-state index >= 15 is 0 Å². The van der Waals surface area contributed by atoms with Gasteiger partial charge >= 0.3 is 0 Å². The SMILES string of the molecule is Cc1cc(I)ccc1NCc1nnc(SCC(=O)NN=Cc2ccc(N(C)C)cc2)n1-c1ccccc1. The van der Waals surface area contributed by atoms with Crippen LogP contribution < -0.4 is 15.6 Å². The first-order chi connectivity index (χ1) is 17.9. The predicted molar refractivity (Wildman–Crippen MR) is 160 cm³/mol. The van der Waals surface area contributed by atoms with E-state index in [2.05, 4.69) is 73.8 Å². The summed E-state index contributed by atoms with van der Waals surface area (Å²) in [5.74, 6) is 0.695. The molecule has 190 valence electrons. The van der Waals surface area contributed by atoms with Gasteiger partial charge in [0.25, 0.3) is 5.91 Å². The number of halogens is 1. The number of aromatic nitrogens is 3. The molecular weight excluding hydrogens is 597 g/mol. The summed E-state index contributed by atoms with van der Waals surface area (Å²) in [6.45, 7) is 2.57. The van der Waals surface area contributed by atoms with Gasteiger partial charge < -0.3 is 10.2 Å². The number of anilines is 2. The summed E-state index contributed by atoms with van der Waals surface area (Å²) in [5, 5.41) is 17.0. The molecular formula is C27H28IN7OS. The second-order valence-electron chi connectivity index (χ2n) is 8.45. The third-order valence-corrected chi connectivity index (χ3v) is 7.08. The summed E-state index contributed by atoms with van der Waals surface area (Å²) in [6.07, 6.45) is 1.63. The standard InChI is InChI=1S/C27H28IN7OS/c1-19-15-21(28)11-14-24(19)29-17-25-31-33-27(35(25)23-7-5-4-6-8-23)37-18-26(36)32-30-16-20-9-12-22(13-10-20)34(2)3/h4-16,29H,17-18H2,1-3H3,(H,32,36). The van der Waals surface area contributed by atoms with Crippen molar-refractivity contribution in [1.82, 2.24) is 20.2 Å². The van der Waals surface area contributed by atoms with Crippen LogP contribution in [0.1, 0.15) is 17.0 Å². The first kappa shape index (κ1) is 26.7. The molecule has 0 saturated heterocycles. The molecule has 0 aliphatic heterocycles. The number of hydrazone groups is 1. The van der Waals surface area contributed by atoms with E-state index in [1.165, 1.54) is 15.3 Å². The Labute approximate surface area is 234 Å². The van der Waals surface area contributed by atoms with E-state index in [4.69, 9.17) is 0 Å². The van der Waals surface area contributed by atoms with Crippen molar-refractivity contribution in [1.29, 1.82) is 0 Å². The number of carbonyl (C=O) groups is 1. The van der Waals surface area contributed by atoms with E-state index in [1.54, 1.807) is 6.21 Å². The molecule has 0 fully saturated rings. The molecule has 0 atom stereocenters. The van der Waals surface area contributed by atoms with E-state index in [0.29, 0.717) is 11.7 Å². The zero-order valence-corrected chi connectivity index (χ0v) is 23.8. The number of rotatable bonds is 10. The highest BCUT2D eigenvalue weighted by Gasteiger charge is 2.16. The Balaban J connectivity index is 1.41. The number of nitrogens with zero attached hydrogens (tertiary/aromatic N) is 5. The van der Waals surface area contributed by atoms with Crippen molar-refractivity contribution in [3.05, 3.63) is 93.3 Å². The van der Waals surface area contributed by atoms with E-state index < -0.39 is 0 Å². The Morgan fingerprint density at radius 2 is 1.84 bits per heavy atom. The van der Waals surface area contributed by atoms with Crippen LogP contribution in [-0.4, -0.2) is 46.7 Å².